The van der Waals surface area contributed by atoms with Gasteiger partial charge in [0.15, 0.2) is 0 Å². The number of nitrogens with zero attached hydrogens (tertiary/aromatic N) is 2. The number of carbonyl (C=O) groups is 2. The number of anilines is 1. The molecule has 24 heavy (non-hydrogen) atoms. The highest BCUT2D eigenvalue weighted by Gasteiger charge is 2.34. The van der Waals surface area contributed by atoms with Crippen molar-refractivity contribution < 1.29 is 9.59 Å². The van der Waals surface area contributed by atoms with E-state index >= 15 is 0 Å². The second kappa shape index (κ2) is 7.14. The summed E-state index contributed by atoms with van der Waals surface area (Å²) < 4.78 is 0. The second-order valence-corrected chi connectivity index (χ2v) is 7.59. The first-order valence-corrected chi connectivity index (χ1v) is 9.17. The zero-order chi connectivity index (χ0) is 17.3. The normalized spacial score (nSPS) is 22.4. The van der Waals surface area contributed by atoms with Gasteiger partial charge in [-0.2, -0.15) is 0 Å². The summed E-state index contributed by atoms with van der Waals surface area (Å²) in [5.41, 5.74) is 1.14. The average molecular weight is 349 g/mol. The Hall–Kier alpha value is -1.55. The Kier molecular flexibility index (Phi) is 5.14. The summed E-state index contributed by atoms with van der Waals surface area (Å²) >= 11 is 5.96. The van der Waals surface area contributed by atoms with Gasteiger partial charge in [-0.05, 0) is 44.0 Å². The highest BCUT2D eigenvalue weighted by atomic mass is 35.5. The molecule has 0 bridgehead atoms. The molecule has 2 aliphatic rings. The summed E-state index contributed by atoms with van der Waals surface area (Å²) in [7, 11) is 0. The minimum Gasteiger partial charge on any atom is -0.365 e. The van der Waals surface area contributed by atoms with Crippen molar-refractivity contribution in [2.45, 2.75) is 39.2 Å². The van der Waals surface area contributed by atoms with Crippen molar-refractivity contribution in [3.8, 4) is 0 Å². The van der Waals surface area contributed by atoms with Crippen LogP contribution < -0.4 is 4.90 Å². The Labute approximate surface area is 148 Å². The highest BCUT2D eigenvalue weighted by molar-refractivity contribution is 6.30. The van der Waals surface area contributed by atoms with Crippen LogP contribution in [0.3, 0.4) is 0 Å². The molecular weight excluding hydrogens is 324 g/mol. The number of hydrogen-bond acceptors (Lipinski definition) is 3. The van der Waals surface area contributed by atoms with Crippen LogP contribution in [0.1, 0.15) is 33.1 Å². The fraction of sp³-hybridized carbons (Fsp3) is 0.579. The van der Waals surface area contributed by atoms with Crippen LogP contribution in [0.2, 0.25) is 5.02 Å². The summed E-state index contributed by atoms with van der Waals surface area (Å²) in [4.78, 5) is 28.8. The topological polar surface area (TPSA) is 40.6 Å². The average Bonchev–Trinajstić information content (AvgIpc) is 3.40. The number of hydrogen-bond donors (Lipinski definition) is 0. The van der Waals surface area contributed by atoms with Gasteiger partial charge in [0, 0.05) is 54.6 Å². The lowest BCUT2D eigenvalue weighted by molar-refractivity contribution is -0.138. The standard InChI is InChI=1S/C19H25ClN2O2/c1-13(11-18(23)15-3-4-15)19(24)21-9-10-22(14(2)12-21)17-7-5-16(20)6-8-17/h5-8,13-15H,3-4,9-12H2,1-2H3/t13?,14-/m0/s1. The fourth-order valence-corrected chi connectivity index (χ4v) is 3.57. The van der Waals surface area contributed by atoms with Gasteiger partial charge < -0.3 is 9.80 Å². The SMILES string of the molecule is CC(CC(=O)C1CC1)C(=O)N1CCN(c2ccc(Cl)cc2)[C@@H](C)C1. The second-order valence-electron chi connectivity index (χ2n) is 7.15. The van der Waals surface area contributed by atoms with E-state index in [9.17, 15) is 9.59 Å². The quantitative estimate of drug-likeness (QED) is 0.819. The number of amides is 1. The largest absolute Gasteiger partial charge is 0.365 e. The first-order chi connectivity index (χ1) is 11.5. The Balaban J connectivity index is 1.56. The zero-order valence-corrected chi connectivity index (χ0v) is 15.1. The van der Waals surface area contributed by atoms with Gasteiger partial charge in [0.05, 0.1) is 0 Å². The molecule has 1 aromatic carbocycles. The molecule has 0 spiro atoms. The molecule has 2 fully saturated rings. The van der Waals surface area contributed by atoms with Crippen molar-refractivity contribution in [2.75, 3.05) is 24.5 Å². The zero-order valence-electron chi connectivity index (χ0n) is 14.4. The maximum atomic E-state index is 12.6. The van der Waals surface area contributed by atoms with Gasteiger partial charge in [-0.3, -0.25) is 9.59 Å². The molecule has 4 nitrogen and oxygen atoms in total. The molecule has 130 valence electrons. The Morgan fingerprint density at radius 1 is 1.21 bits per heavy atom. The molecule has 0 N–H and O–H groups in total. The van der Waals surface area contributed by atoms with Gasteiger partial charge >= 0.3 is 0 Å². The molecule has 1 aliphatic carbocycles. The number of ketones is 1. The van der Waals surface area contributed by atoms with Crippen molar-refractivity contribution in [3.05, 3.63) is 29.3 Å². The van der Waals surface area contributed by atoms with E-state index in [0.29, 0.717) is 19.5 Å². The smallest absolute Gasteiger partial charge is 0.225 e. The summed E-state index contributed by atoms with van der Waals surface area (Å²) in [5, 5.41) is 0.731. The first kappa shape index (κ1) is 17.3. The molecule has 2 atom stereocenters. The molecule has 1 aromatic rings. The lowest BCUT2D eigenvalue weighted by Crippen LogP contribution is -2.54. The van der Waals surface area contributed by atoms with Crippen molar-refractivity contribution >= 4 is 29.0 Å². The van der Waals surface area contributed by atoms with E-state index in [4.69, 9.17) is 11.6 Å². The third-order valence-electron chi connectivity index (χ3n) is 5.06. The van der Waals surface area contributed by atoms with Crippen LogP contribution in [0.15, 0.2) is 24.3 Å². The van der Waals surface area contributed by atoms with Gasteiger partial charge in [0.25, 0.3) is 0 Å². The predicted octanol–water partition coefficient (Wildman–Crippen LogP) is 3.38. The minimum absolute atomic E-state index is 0.117. The lowest BCUT2D eigenvalue weighted by atomic mass is 9.99. The molecule has 1 aliphatic heterocycles. The van der Waals surface area contributed by atoms with Crippen LogP contribution >= 0.6 is 11.6 Å². The molecule has 1 amide bonds. The van der Waals surface area contributed by atoms with Crippen molar-refractivity contribution in [2.24, 2.45) is 11.8 Å². The first-order valence-electron chi connectivity index (χ1n) is 8.79. The van der Waals surface area contributed by atoms with E-state index in [1.165, 1.54) is 0 Å². The van der Waals surface area contributed by atoms with Gasteiger partial charge in [0.2, 0.25) is 5.91 Å². The van der Waals surface area contributed by atoms with Gasteiger partial charge in [-0.1, -0.05) is 18.5 Å². The van der Waals surface area contributed by atoms with E-state index in [1.807, 2.05) is 36.1 Å². The van der Waals surface area contributed by atoms with E-state index in [0.717, 1.165) is 30.1 Å². The number of halogens is 1. The van der Waals surface area contributed by atoms with E-state index in [-0.39, 0.29) is 29.6 Å². The van der Waals surface area contributed by atoms with E-state index in [1.54, 1.807) is 0 Å². The number of Topliss-reactive ketones (excluding diaryl/α,β-unsaturated/α-hetero) is 1. The number of carbonyl (C=O) groups excluding carboxylic acids is 2. The van der Waals surface area contributed by atoms with Crippen LogP contribution in [-0.4, -0.2) is 42.3 Å². The maximum absolute atomic E-state index is 12.6. The highest BCUT2D eigenvalue weighted by Crippen LogP contribution is 2.32. The van der Waals surface area contributed by atoms with Crippen LogP contribution in [0.5, 0.6) is 0 Å². The monoisotopic (exact) mass is 348 g/mol. The Bertz CT molecular complexity index is 612. The summed E-state index contributed by atoms with van der Waals surface area (Å²) in [6.45, 7) is 6.22. The van der Waals surface area contributed by atoms with Crippen LogP contribution in [-0.2, 0) is 9.59 Å². The molecule has 0 radical (unpaired) electrons. The van der Waals surface area contributed by atoms with Crippen LogP contribution in [0.4, 0.5) is 5.69 Å². The molecule has 5 heteroatoms. The fourth-order valence-electron chi connectivity index (χ4n) is 3.45. The lowest BCUT2D eigenvalue weighted by Gasteiger charge is -2.42. The van der Waals surface area contributed by atoms with Gasteiger partial charge in [-0.15, -0.1) is 0 Å². The summed E-state index contributed by atoms with van der Waals surface area (Å²) in [5.74, 6) is 0.420. The number of rotatable bonds is 5. The minimum atomic E-state index is -0.201. The van der Waals surface area contributed by atoms with Crippen LogP contribution in [0.25, 0.3) is 0 Å². The molecule has 1 saturated heterocycles. The third-order valence-corrected chi connectivity index (χ3v) is 5.31. The van der Waals surface area contributed by atoms with E-state index in [2.05, 4.69) is 11.8 Å². The summed E-state index contributed by atoms with van der Waals surface area (Å²) in [6, 6.07) is 8.08. The molecular formula is C19H25ClN2O2. The Morgan fingerprint density at radius 3 is 2.46 bits per heavy atom. The Morgan fingerprint density at radius 2 is 1.88 bits per heavy atom. The summed E-state index contributed by atoms with van der Waals surface area (Å²) in [6.07, 6.45) is 2.42. The molecule has 3 rings (SSSR count). The molecule has 1 unspecified atom stereocenters. The number of benzene rings is 1. The van der Waals surface area contributed by atoms with Crippen molar-refractivity contribution in [3.63, 3.8) is 0 Å². The molecule has 1 heterocycles. The predicted molar refractivity (Wildman–Crippen MR) is 96.4 cm³/mol. The maximum Gasteiger partial charge on any atom is 0.225 e. The third kappa shape index (κ3) is 3.92. The van der Waals surface area contributed by atoms with Gasteiger partial charge in [-0.25, -0.2) is 0 Å². The van der Waals surface area contributed by atoms with Crippen molar-refractivity contribution in [1.82, 2.24) is 4.90 Å². The van der Waals surface area contributed by atoms with Crippen molar-refractivity contribution in [1.29, 1.82) is 0 Å². The number of piperazine rings is 1. The van der Waals surface area contributed by atoms with Crippen LogP contribution in [0, 0.1) is 11.8 Å². The van der Waals surface area contributed by atoms with Gasteiger partial charge in [0.1, 0.15) is 5.78 Å². The molecule has 1 saturated carbocycles. The van der Waals surface area contributed by atoms with E-state index < -0.39 is 0 Å². The molecule has 0 aromatic heterocycles.